The van der Waals surface area contributed by atoms with Crippen molar-refractivity contribution in [2.24, 2.45) is 5.41 Å². The first-order chi connectivity index (χ1) is 13.9. The first-order valence-corrected chi connectivity index (χ1v) is 9.50. The average molecular weight is 398 g/mol. The Bertz CT molecular complexity index is 907. The van der Waals surface area contributed by atoms with E-state index in [1.807, 2.05) is 6.07 Å². The summed E-state index contributed by atoms with van der Waals surface area (Å²) < 4.78 is 13.5. The number of hydrogen-bond acceptors (Lipinski definition) is 3. The average Bonchev–Trinajstić information content (AvgIpc) is 2.64. The van der Waals surface area contributed by atoms with Gasteiger partial charge in [0.1, 0.15) is 12.4 Å². The molecule has 0 spiro atoms. The van der Waals surface area contributed by atoms with Crippen molar-refractivity contribution in [3.8, 4) is 0 Å². The molecule has 2 aromatic rings. The molecule has 152 valence electrons. The number of halogens is 1. The molecular weight excluding hydrogens is 375 g/mol. The van der Waals surface area contributed by atoms with Crippen LogP contribution >= 0.6 is 0 Å². The van der Waals surface area contributed by atoms with Crippen molar-refractivity contribution >= 4 is 23.5 Å². The molecule has 7 heteroatoms. The molecule has 0 aromatic heterocycles. The standard InChI is InChI=1S/C22H23FN2O4/c23-17-4-1-3-16(11-17)13-22(9-2-10-22)21(29)25-18-7-5-15(6-8-18)12-19(26)24-14-20(27)28/h1,3-8,11H,2,9-10,12-14H2,(H,24,26)(H,25,29)(H,27,28). The number of nitrogens with one attached hydrogen (secondary N) is 2. The zero-order valence-electron chi connectivity index (χ0n) is 15.9. The maximum atomic E-state index is 13.5. The van der Waals surface area contributed by atoms with Crippen molar-refractivity contribution in [1.29, 1.82) is 0 Å². The summed E-state index contributed by atoms with van der Waals surface area (Å²) in [5.41, 5.74) is 1.62. The Labute approximate surface area is 168 Å². The van der Waals surface area contributed by atoms with Crippen LogP contribution in [0.25, 0.3) is 0 Å². The molecule has 1 saturated carbocycles. The number of carboxylic acid groups (broad SMARTS) is 1. The van der Waals surface area contributed by atoms with E-state index in [0.29, 0.717) is 17.7 Å². The van der Waals surface area contributed by atoms with Crippen LogP contribution in [-0.2, 0) is 27.2 Å². The van der Waals surface area contributed by atoms with E-state index >= 15 is 0 Å². The maximum absolute atomic E-state index is 13.5. The lowest BCUT2D eigenvalue weighted by Gasteiger charge is -2.40. The number of hydrogen-bond donors (Lipinski definition) is 3. The van der Waals surface area contributed by atoms with E-state index in [0.717, 1.165) is 24.8 Å². The molecular formula is C22H23FN2O4. The zero-order valence-corrected chi connectivity index (χ0v) is 15.9. The second kappa shape index (κ2) is 8.86. The molecule has 0 unspecified atom stereocenters. The summed E-state index contributed by atoms with van der Waals surface area (Å²) in [5.74, 6) is -1.87. The highest BCUT2D eigenvalue weighted by atomic mass is 19.1. The van der Waals surface area contributed by atoms with Crippen LogP contribution in [0.4, 0.5) is 10.1 Å². The minimum atomic E-state index is -1.10. The SMILES string of the molecule is O=C(O)CNC(=O)Cc1ccc(NC(=O)C2(Cc3cccc(F)c3)CCC2)cc1. The van der Waals surface area contributed by atoms with Gasteiger partial charge in [-0.1, -0.05) is 30.7 Å². The smallest absolute Gasteiger partial charge is 0.322 e. The van der Waals surface area contributed by atoms with Gasteiger partial charge in [-0.15, -0.1) is 0 Å². The number of carbonyl (C=O) groups excluding carboxylic acids is 2. The van der Waals surface area contributed by atoms with Crippen LogP contribution in [0, 0.1) is 11.2 Å². The van der Waals surface area contributed by atoms with Gasteiger partial charge in [-0.05, 0) is 54.7 Å². The summed E-state index contributed by atoms with van der Waals surface area (Å²) in [4.78, 5) is 35.0. The third kappa shape index (κ3) is 5.40. The van der Waals surface area contributed by atoms with Crippen LogP contribution in [0.3, 0.4) is 0 Å². The Morgan fingerprint density at radius 3 is 2.34 bits per heavy atom. The van der Waals surface area contributed by atoms with Crippen LogP contribution in [0.5, 0.6) is 0 Å². The van der Waals surface area contributed by atoms with Crippen molar-refractivity contribution in [2.45, 2.75) is 32.1 Å². The van der Waals surface area contributed by atoms with Gasteiger partial charge >= 0.3 is 5.97 Å². The molecule has 3 rings (SSSR count). The molecule has 6 nitrogen and oxygen atoms in total. The highest BCUT2D eigenvalue weighted by Gasteiger charge is 2.44. The number of amides is 2. The normalized spacial score (nSPS) is 14.5. The number of carbonyl (C=O) groups is 3. The topological polar surface area (TPSA) is 95.5 Å². The van der Waals surface area contributed by atoms with E-state index in [1.165, 1.54) is 12.1 Å². The molecule has 0 bridgehead atoms. The number of anilines is 1. The van der Waals surface area contributed by atoms with Gasteiger partial charge in [0, 0.05) is 5.69 Å². The van der Waals surface area contributed by atoms with Crippen molar-refractivity contribution in [3.05, 3.63) is 65.5 Å². The van der Waals surface area contributed by atoms with Crippen molar-refractivity contribution in [2.75, 3.05) is 11.9 Å². The largest absolute Gasteiger partial charge is 0.480 e. The van der Waals surface area contributed by atoms with Crippen LogP contribution in [0.1, 0.15) is 30.4 Å². The Morgan fingerprint density at radius 1 is 1.03 bits per heavy atom. The molecule has 1 fully saturated rings. The lowest BCUT2D eigenvalue weighted by atomic mass is 9.64. The van der Waals surface area contributed by atoms with Gasteiger partial charge < -0.3 is 15.7 Å². The summed E-state index contributed by atoms with van der Waals surface area (Å²) >= 11 is 0. The number of benzene rings is 2. The van der Waals surface area contributed by atoms with Gasteiger partial charge in [-0.3, -0.25) is 14.4 Å². The predicted molar refractivity (Wildman–Crippen MR) is 106 cm³/mol. The third-order valence-electron chi connectivity index (χ3n) is 5.24. The Morgan fingerprint density at radius 2 is 1.76 bits per heavy atom. The van der Waals surface area contributed by atoms with Crippen molar-refractivity contribution in [3.63, 3.8) is 0 Å². The van der Waals surface area contributed by atoms with E-state index in [9.17, 15) is 18.8 Å². The lowest BCUT2D eigenvalue weighted by molar-refractivity contribution is -0.137. The summed E-state index contributed by atoms with van der Waals surface area (Å²) in [6.07, 6.45) is 3.05. The number of carboxylic acids is 1. The molecule has 0 atom stereocenters. The fraction of sp³-hybridized carbons (Fsp3) is 0.318. The van der Waals surface area contributed by atoms with E-state index in [-0.39, 0.29) is 24.1 Å². The minimum Gasteiger partial charge on any atom is -0.480 e. The minimum absolute atomic E-state index is 0.0605. The fourth-order valence-electron chi connectivity index (χ4n) is 3.52. The molecule has 0 aliphatic heterocycles. The number of rotatable bonds is 8. The molecule has 0 heterocycles. The molecule has 29 heavy (non-hydrogen) atoms. The second-order valence-electron chi connectivity index (χ2n) is 7.44. The summed E-state index contributed by atoms with van der Waals surface area (Å²) in [6, 6.07) is 13.2. The Balaban J connectivity index is 1.59. The van der Waals surface area contributed by atoms with E-state index in [2.05, 4.69) is 10.6 Å². The van der Waals surface area contributed by atoms with Gasteiger partial charge in [-0.2, -0.15) is 0 Å². The quantitative estimate of drug-likeness (QED) is 0.637. The van der Waals surface area contributed by atoms with Crippen LogP contribution in [-0.4, -0.2) is 29.4 Å². The Hall–Kier alpha value is -3.22. The first-order valence-electron chi connectivity index (χ1n) is 9.50. The van der Waals surface area contributed by atoms with E-state index in [4.69, 9.17) is 5.11 Å². The predicted octanol–water partition coefficient (Wildman–Crippen LogP) is 2.92. The van der Waals surface area contributed by atoms with Crippen molar-refractivity contribution in [1.82, 2.24) is 5.32 Å². The summed E-state index contributed by atoms with van der Waals surface area (Å²) in [7, 11) is 0. The second-order valence-corrected chi connectivity index (χ2v) is 7.44. The molecule has 0 radical (unpaired) electrons. The maximum Gasteiger partial charge on any atom is 0.322 e. The molecule has 0 saturated heterocycles. The molecule has 1 aliphatic carbocycles. The van der Waals surface area contributed by atoms with Gasteiger partial charge in [0.25, 0.3) is 0 Å². The van der Waals surface area contributed by atoms with E-state index < -0.39 is 17.9 Å². The van der Waals surface area contributed by atoms with Gasteiger partial charge in [0.2, 0.25) is 11.8 Å². The van der Waals surface area contributed by atoms with Crippen LogP contribution in [0.15, 0.2) is 48.5 Å². The lowest BCUT2D eigenvalue weighted by Crippen LogP contribution is -2.43. The molecule has 2 aromatic carbocycles. The van der Waals surface area contributed by atoms with Gasteiger partial charge in [-0.25, -0.2) is 4.39 Å². The Kier molecular flexibility index (Phi) is 6.26. The zero-order chi connectivity index (χ0) is 20.9. The number of aliphatic carboxylic acids is 1. The fourth-order valence-corrected chi connectivity index (χ4v) is 3.52. The molecule has 1 aliphatic rings. The highest BCUT2D eigenvalue weighted by molar-refractivity contribution is 5.96. The summed E-state index contributed by atoms with van der Waals surface area (Å²) in [5, 5.41) is 13.8. The first kappa shape index (κ1) is 20.5. The van der Waals surface area contributed by atoms with Gasteiger partial charge in [0.15, 0.2) is 0 Å². The van der Waals surface area contributed by atoms with E-state index in [1.54, 1.807) is 30.3 Å². The third-order valence-corrected chi connectivity index (χ3v) is 5.24. The van der Waals surface area contributed by atoms with Crippen LogP contribution < -0.4 is 10.6 Å². The molecule has 2 amide bonds. The molecule has 3 N–H and O–H groups in total. The van der Waals surface area contributed by atoms with Crippen LogP contribution in [0.2, 0.25) is 0 Å². The van der Waals surface area contributed by atoms with Gasteiger partial charge in [0.05, 0.1) is 11.8 Å². The highest BCUT2D eigenvalue weighted by Crippen LogP contribution is 2.44. The van der Waals surface area contributed by atoms with Crippen molar-refractivity contribution < 1.29 is 23.9 Å². The monoisotopic (exact) mass is 398 g/mol. The summed E-state index contributed by atoms with van der Waals surface area (Å²) in [6.45, 7) is -0.416.